The van der Waals surface area contributed by atoms with Gasteiger partial charge < -0.3 is 24.4 Å². The average molecular weight is 608 g/mol. The molecule has 0 aromatic heterocycles. The highest BCUT2D eigenvalue weighted by atomic mass is 16.6. The van der Waals surface area contributed by atoms with E-state index in [1.165, 1.54) is 0 Å². The number of rotatable bonds is 5. The first-order chi connectivity index (χ1) is 21.9. The van der Waals surface area contributed by atoms with Crippen LogP contribution in [0.4, 0.5) is 10.5 Å². The average Bonchev–Trinajstić information content (AvgIpc) is 3.71. The number of Topliss-reactive ketones (excluding diaryl/α,β-unsaturated/α-hetero) is 1. The number of carbonyl (C=O) groups excluding carboxylic acids is 3. The molecule has 0 unspecified atom stereocenters. The van der Waals surface area contributed by atoms with Gasteiger partial charge in [0.25, 0.3) is 5.91 Å². The standard InChI is InChI=1S/C36H37N3O6/c1-4-45-34(42)38-21-25(20-23-11-15-26(43-2)16-12-23)32(40)35(22-38)31(24-13-17-27(44-3)18-14-24)30-10-7-19-39(30)36(35)28-8-5-6-9-29(28)37-33(36)41/h5-6,8-9,11-18,20,30-31H,4,7,10,19,21-22H2,1-3H3,(H,37,41)/b25-20+/t30-,31-,35-,36-/m1/s1. The number of hydrogen-bond donors (Lipinski definition) is 1. The molecule has 0 saturated carbocycles. The van der Waals surface area contributed by atoms with Crippen molar-refractivity contribution in [2.45, 2.75) is 37.3 Å². The maximum atomic E-state index is 15.6. The molecule has 7 rings (SSSR count). The van der Waals surface area contributed by atoms with Gasteiger partial charge in [-0.2, -0.15) is 0 Å². The lowest BCUT2D eigenvalue weighted by Gasteiger charge is -2.51. The van der Waals surface area contributed by atoms with E-state index in [9.17, 15) is 9.59 Å². The second-order valence-corrected chi connectivity index (χ2v) is 12.2. The number of amides is 2. The number of methoxy groups -OCH3 is 2. The Labute approximate surface area is 262 Å². The van der Waals surface area contributed by atoms with Crippen LogP contribution >= 0.6 is 0 Å². The van der Waals surface area contributed by atoms with Crippen LogP contribution in [0.3, 0.4) is 0 Å². The van der Waals surface area contributed by atoms with E-state index in [2.05, 4.69) is 10.2 Å². The fourth-order valence-corrected chi connectivity index (χ4v) is 8.52. The van der Waals surface area contributed by atoms with Gasteiger partial charge in [-0.3, -0.25) is 14.5 Å². The number of ketones is 1. The highest BCUT2D eigenvalue weighted by molar-refractivity contribution is 6.16. The summed E-state index contributed by atoms with van der Waals surface area (Å²) >= 11 is 0. The van der Waals surface area contributed by atoms with Crippen molar-refractivity contribution in [3.63, 3.8) is 0 Å². The molecule has 3 saturated heterocycles. The summed E-state index contributed by atoms with van der Waals surface area (Å²) in [5.74, 6) is 0.657. The fourth-order valence-electron chi connectivity index (χ4n) is 8.52. The number of likely N-dealkylation sites (tertiary alicyclic amines) is 1. The van der Waals surface area contributed by atoms with E-state index in [-0.39, 0.29) is 37.4 Å². The zero-order valence-electron chi connectivity index (χ0n) is 25.7. The Morgan fingerprint density at radius 2 is 1.67 bits per heavy atom. The van der Waals surface area contributed by atoms with Crippen molar-refractivity contribution in [2.75, 3.05) is 45.8 Å². The molecule has 3 aromatic rings. The summed E-state index contributed by atoms with van der Waals surface area (Å²) in [6.45, 7) is 2.73. The van der Waals surface area contributed by atoms with Gasteiger partial charge in [0.05, 0.1) is 32.8 Å². The van der Waals surface area contributed by atoms with Crippen molar-refractivity contribution >= 4 is 29.5 Å². The number of carbonyl (C=O) groups is 3. The number of para-hydroxylation sites is 1. The Bertz CT molecular complexity index is 1690. The van der Waals surface area contributed by atoms with Crippen molar-refractivity contribution in [3.05, 3.63) is 95.1 Å². The molecule has 232 valence electrons. The van der Waals surface area contributed by atoms with Gasteiger partial charge in [0, 0.05) is 35.3 Å². The van der Waals surface area contributed by atoms with E-state index >= 15 is 4.79 Å². The van der Waals surface area contributed by atoms with Crippen LogP contribution in [0.5, 0.6) is 11.5 Å². The van der Waals surface area contributed by atoms with Crippen molar-refractivity contribution in [3.8, 4) is 11.5 Å². The van der Waals surface area contributed by atoms with Crippen molar-refractivity contribution in [2.24, 2.45) is 5.41 Å². The van der Waals surface area contributed by atoms with E-state index < -0.39 is 23.0 Å². The van der Waals surface area contributed by atoms with Crippen LogP contribution in [0.2, 0.25) is 0 Å². The molecule has 4 aliphatic rings. The molecule has 45 heavy (non-hydrogen) atoms. The minimum Gasteiger partial charge on any atom is -0.497 e. The number of benzene rings is 3. The lowest BCUT2D eigenvalue weighted by molar-refractivity contribution is -0.147. The van der Waals surface area contributed by atoms with E-state index in [1.807, 2.05) is 78.9 Å². The van der Waals surface area contributed by atoms with Gasteiger partial charge >= 0.3 is 6.09 Å². The number of anilines is 1. The SMILES string of the molecule is CCOC(=O)N1C/C(=C\c2ccc(OC)cc2)C(=O)[C@@]2(C1)[C@H](c1ccc(OC)cc1)[C@H]1CCCN1[C@]21C(=O)Nc2ccccc21. The molecule has 9 heteroatoms. The molecule has 0 aliphatic carbocycles. The van der Waals surface area contributed by atoms with Crippen LogP contribution in [0.1, 0.15) is 42.4 Å². The number of nitrogens with zero attached hydrogens (tertiary/aromatic N) is 2. The van der Waals surface area contributed by atoms with Crippen LogP contribution in [0, 0.1) is 5.41 Å². The molecule has 3 aromatic carbocycles. The number of fused-ring (bicyclic) bond motifs is 5. The Kier molecular flexibility index (Phi) is 7.16. The highest BCUT2D eigenvalue weighted by Gasteiger charge is 2.78. The summed E-state index contributed by atoms with van der Waals surface area (Å²) in [5, 5.41) is 3.15. The third-order valence-electron chi connectivity index (χ3n) is 10.1. The van der Waals surface area contributed by atoms with E-state index in [0.29, 0.717) is 29.3 Å². The number of nitrogens with one attached hydrogen (secondary N) is 1. The Hall–Kier alpha value is -4.63. The lowest BCUT2D eigenvalue weighted by atomic mass is 9.55. The smallest absolute Gasteiger partial charge is 0.410 e. The van der Waals surface area contributed by atoms with Gasteiger partial charge in [0.15, 0.2) is 5.78 Å². The second kappa shape index (κ2) is 11.1. The predicted molar refractivity (Wildman–Crippen MR) is 169 cm³/mol. The van der Waals surface area contributed by atoms with Gasteiger partial charge in [-0.05, 0) is 73.8 Å². The monoisotopic (exact) mass is 607 g/mol. The van der Waals surface area contributed by atoms with Gasteiger partial charge in [-0.15, -0.1) is 0 Å². The number of hydrogen-bond acceptors (Lipinski definition) is 7. The van der Waals surface area contributed by atoms with Crippen LogP contribution in [-0.2, 0) is 19.9 Å². The third kappa shape index (κ3) is 4.13. The van der Waals surface area contributed by atoms with Crippen LogP contribution in [0.15, 0.2) is 78.4 Å². The van der Waals surface area contributed by atoms with Crippen molar-refractivity contribution < 1.29 is 28.6 Å². The van der Waals surface area contributed by atoms with E-state index in [1.54, 1.807) is 26.0 Å². The minimum atomic E-state index is -1.35. The minimum absolute atomic E-state index is 0.0378. The molecule has 4 heterocycles. The molecular formula is C36H37N3O6. The Balaban J connectivity index is 1.51. The van der Waals surface area contributed by atoms with Crippen LogP contribution in [0.25, 0.3) is 6.08 Å². The lowest BCUT2D eigenvalue weighted by Crippen LogP contribution is -2.66. The summed E-state index contributed by atoms with van der Waals surface area (Å²) in [7, 11) is 3.23. The quantitative estimate of drug-likeness (QED) is 0.397. The molecule has 1 N–H and O–H groups in total. The zero-order chi connectivity index (χ0) is 31.3. The van der Waals surface area contributed by atoms with Crippen molar-refractivity contribution in [1.29, 1.82) is 0 Å². The molecule has 4 atom stereocenters. The van der Waals surface area contributed by atoms with Gasteiger partial charge in [-0.25, -0.2) is 4.79 Å². The molecule has 4 aliphatic heterocycles. The Morgan fingerprint density at radius 1 is 0.978 bits per heavy atom. The predicted octanol–water partition coefficient (Wildman–Crippen LogP) is 5.22. The fraction of sp³-hybridized carbons (Fsp3) is 0.361. The molecule has 0 bridgehead atoms. The number of piperidine rings is 1. The van der Waals surface area contributed by atoms with E-state index in [4.69, 9.17) is 14.2 Å². The third-order valence-corrected chi connectivity index (χ3v) is 10.1. The second-order valence-electron chi connectivity index (χ2n) is 12.2. The van der Waals surface area contributed by atoms with Gasteiger partial charge in [-0.1, -0.05) is 42.5 Å². The summed E-state index contributed by atoms with van der Waals surface area (Å²) in [6.07, 6.45) is 3.05. The molecule has 2 amide bonds. The highest BCUT2D eigenvalue weighted by Crippen LogP contribution is 2.68. The van der Waals surface area contributed by atoms with Gasteiger partial charge in [0.1, 0.15) is 17.0 Å². The molecule has 2 spiro atoms. The number of ether oxygens (including phenoxy) is 3. The first-order valence-electron chi connectivity index (χ1n) is 15.5. The molecule has 0 radical (unpaired) electrons. The largest absolute Gasteiger partial charge is 0.497 e. The summed E-state index contributed by atoms with van der Waals surface area (Å²) in [4.78, 5) is 47.8. The summed E-state index contributed by atoms with van der Waals surface area (Å²) in [6, 6.07) is 22.8. The maximum Gasteiger partial charge on any atom is 0.410 e. The van der Waals surface area contributed by atoms with Gasteiger partial charge in [0.2, 0.25) is 0 Å². The van der Waals surface area contributed by atoms with Crippen molar-refractivity contribution in [1.82, 2.24) is 9.80 Å². The maximum absolute atomic E-state index is 15.6. The van der Waals surface area contributed by atoms with Crippen LogP contribution < -0.4 is 14.8 Å². The molecular weight excluding hydrogens is 570 g/mol. The Morgan fingerprint density at radius 3 is 2.36 bits per heavy atom. The first-order valence-corrected chi connectivity index (χ1v) is 15.5. The van der Waals surface area contributed by atoms with Crippen LogP contribution in [-0.4, -0.2) is 74.1 Å². The zero-order valence-corrected chi connectivity index (χ0v) is 25.7. The normalized spacial score (nSPS) is 28.0. The molecule has 9 nitrogen and oxygen atoms in total. The van der Waals surface area contributed by atoms with E-state index in [0.717, 1.165) is 29.5 Å². The topological polar surface area (TPSA) is 97.4 Å². The summed E-state index contributed by atoms with van der Waals surface area (Å²) < 4.78 is 16.4. The summed E-state index contributed by atoms with van der Waals surface area (Å²) in [5.41, 5.74) is 0.971. The molecule has 3 fully saturated rings. The first kappa shape index (κ1) is 29.1.